The fourth-order valence-electron chi connectivity index (χ4n) is 2.42. The lowest BCUT2D eigenvalue weighted by atomic mass is 10.1. The fraction of sp³-hybridized carbons (Fsp3) is 0.333. The van der Waals surface area contributed by atoms with Crippen LogP contribution in [0.3, 0.4) is 0 Å². The maximum absolute atomic E-state index is 13.5. The lowest BCUT2D eigenvalue weighted by Crippen LogP contribution is -2.36. The summed E-state index contributed by atoms with van der Waals surface area (Å²) in [4.78, 5) is 14.2. The van der Waals surface area contributed by atoms with Crippen molar-refractivity contribution in [3.63, 3.8) is 0 Å². The summed E-state index contributed by atoms with van der Waals surface area (Å²) < 4.78 is 16.4. The number of rotatable bonds is 1. The predicted molar refractivity (Wildman–Crippen MR) is 76.1 cm³/mol. The minimum absolute atomic E-state index is 0.0647. The predicted octanol–water partition coefficient (Wildman–Crippen LogP) is 3.05. The molecule has 100 valence electrons. The van der Waals surface area contributed by atoms with Crippen LogP contribution >= 0.6 is 28.1 Å². The number of aromatic nitrogens is 2. The molecule has 2 N–H and O–H groups in total. The second-order valence-electron chi connectivity index (χ2n) is 4.58. The molecule has 0 saturated carbocycles. The Bertz CT molecular complexity index is 714. The Morgan fingerprint density at radius 1 is 1.47 bits per heavy atom. The third-order valence-corrected chi connectivity index (χ3v) is 4.27. The van der Waals surface area contributed by atoms with Gasteiger partial charge < -0.3 is 14.9 Å². The first-order chi connectivity index (χ1) is 9.06. The van der Waals surface area contributed by atoms with Gasteiger partial charge in [0.15, 0.2) is 4.77 Å². The number of carbonyl (C=O) groups excluding carboxylic acids is 1. The van der Waals surface area contributed by atoms with Crippen molar-refractivity contribution < 1.29 is 9.18 Å². The number of aromatic amines is 1. The van der Waals surface area contributed by atoms with E-state index in [0.717, 1.165) is 11.9 Å². The number of hydrogen-bond donors (Lipinski definition) is 2. The summed E-state index contributed by atoms with van der Waals surface area (Å²) in [6.45, 7) is 0.551. The van der Waals surface area contributed by atoms with Crippen LogP contribution in [0, 0.1) is 10.6 Å². The van der Waals surface area contributed by atoms with Crippen LogP contribution in [0.15, 0.2) is 16.6 Å². The summed E-state index contributed by atoms with van der Waals surface area (Å²) in [5.41, 5.74) is 1.52. The van der Waals surface area contributed by atoms with Crippen LogP contribution in [0.1, 0.15) is 18.9 Å². The van der Waals surface area contributed by atoms with Gasteiger partial charge in [-0.1, -0.05) is 0 Å². The zero-order valence-corrected chi connectivity index (χ0v) is 12.3. The zero-order valence-electron chi connectivity index (χ0n) is 9.87. The van der Waals surface area contributed by atoms with Gasteiger partial charge in [0, 0.05) is 19.0 Å². The molecule has 1 amide bonds. The Balaban J connectivity index is 2.12. The molecule has 1 aliphatic heterocycles. The number of H-pyrrole nitrogens is 1. The molecule has 0 spiro atoms. The van der Waals surface area contributed by atoms with Crippen LogP contribution in [0.25, 0.3) is 11.0 Å². The van der Waals surface area contributed by atoms with Crippen molar-refractivity contribution in [3.05, 3.63) is 27.2 Å². The van der Waals surface area contributed by atoms with Crippen LogP contribution in [0.4, 0.5) is 4.39 Å². The van der Waals surface area contributed by atoms with Gasteiger partial charge in [-0.3, -0.25) is 4.79 Å². The standard InChI is InChI=1S/C12H11BrFN3OS/c13-7-3-10-9(4-8(7)14)16-12(19)17(10)6-1-2-11(18)15-5-6/h3-4,6H,1-2,5H2,(H,15,18)(H,16,19). The highest BCUT2D eigenvalue weighted by Crippen LogP contribution is 2.28. The minimum atomic E-state index is -0.326. The summed E-state index contributed by atoms with van der Waals surface area (Å²) in [6, 6.07) is 3.25. The number of imidazole rings is 1. The van der Waals surface area contributed by atoms with Crippen LogP contribution in [-0.2, 0) is 4.79 Å². The van der Waals surface area contributed by atoms with E-state index in [-0.39, 0.29) is 17.8 Å². The van der Waals surface area contributed by atoms with Gasteiger partial charge in [-0.2, -0.15) is 0 Å². The van der Waals surface area contributed by atoms with E-state index >= 15 is 0 Å². The van der Waals surface area contributed by atoms with Crippen molar-refractivity contribution in [1.29, 1.82) is 0 Å². The first kappa shape index (κ1) is 12.8. The highest BCUT2D eigenvalue weighted by atomic mass is 79.9. The Hall–Kier alpha value is -1.21. The highest BCUT2D eigenvalue weighted by molar-refractivity contribution is 9.10. The Kier molecular flexibility index (Phi) is 3.18. The summed E-state index contributed by atoms with van der Waals surface area (Å²) in [7, 11) is 0. The highest BCUT2D eigenvalue weighted by Gasteiger charge is 2.22. The molecule has 0 radical (unpaired) electrons. The third-order valence-electron chi connectivity index (χ3n) is 3.36. The van der Waals surface area contributed by atoms with Gasteiger partial charge in [0.05, 0.1) is 21.5 Å². The van der Waals surface area contributed by atoms with Gasteiger partial charge in [0.2, 0.25) is 5.91 Å². The molecule has 4 nitrogen and oxygen atoms in total. The van der Waals surface area contributed by atoms with Crippen molar-refractivity contribution in [2.45, 2.75) is 18.9 Å². The number of fused-ring (bicyclic) bond motifs is 1. The maximum atomic E-state index is 13.5. The van der Waals surface area contributed by atoms with E-state index in [1.807, 2.05) is 4.57 Å². The largest absolute Gasteiger partial charge is 0.354 e. The SMILES string of the molecule is O=C1CCC(n2c(=S)[nH]c3cc(F)c(Br)cc32)CN1. The van der Waals surface area contributed by atoms with Crippen molar-refractivity contribution in [3.8, 4) is 0 Å². The average Bonchev–Trinajstić information content (AvgIpc) is 2.67. The van der Waals surface area contributed by atoms with E-state index < -0.39 is 0 Å². The number of halogens is 2. The number of piperidine rings is 1. The second-order valence-corrected chi connectivity index (χ2v) is 5.82. The molecule has 0 aliphatic carbocycles. The Morgan fingerprint density at radius 3 is 2.95 bits per heavy atom. The van der Waals surface area contributed by atoms with Gasteiger partial charge >= 0.3 is 0 Å². The van der Waals surface area contributed by atoms with Crippen molar-refractivity contribution in [1.82, 2.24) is 14.9 Å². The number of nitrogens with one attached hydrogen (secondary N) is 2. The van der Waals surface area contributed by atoms with E-state index in [4.69, 9.17) is 12.2 Å². The second kappa shape index (κ2) is 4.72. The molecular formula is C12H11BrFN3OS. The van der Waals surface area contributed by atoms with Crippen LogP contribution in [0.5, 0.6) is 0 Å². The molecule has 0 bridgehead atoms. The summed E-state index contributed by atoms with van der Waals surface area (Å²) in [5, 5.41) is 2.83. The first-order valence-electron chi connectivity index (χ1n) is 5.92. The van der Waals surface area contributed by atoms with Gasteiger partial charge in [0.1, 0.15) is 5.82 Å². The first-order valence-corrected chi connectivity index (χ1v) is 7.12. The molecule has 1 fully saturated rings. The van der Waals surface area contributed by atoms with Gasteiger partial charge in [-0.15, -0.1) is 0 Å². The Morgan fingerprint density at radius 2 is 2.26 bits per heavy atom. The smallest absolute Gasteiger partial charge is 0.220 e. The van der Waals surface area contributed by atoms with Crippen LogP contribution in [0.2, 0.25) is 0 Å². The molecule has 1 unspecified atom stereocenters. The lowest BCUT2D eigenvalue weighted by molar-refractivity contribution is -0.122. The molecule has 1 atom stereocenters. The summed E-state index contributed by atoms with van der Waals surface area (Å²) in [6.07, 6.45) is 1.23. The number of hydrogen-bond acceptors (Lipinski definition) is 2. The lowest BCUT2D eigenvalue weighted by Gasteiger charge is -2.24. The molecular weight excluding hydrogens is 333 g/mol. The number of benzene rings is 1. The van der Waals surface area contributed by atoms with E-state index in [0.29, 0.717) is 27.7 Å². The van der Waals surface area contributed by atoms with E-state index in [9.17, 15) is 9.18 Å². The third kappa shape index (κ3) is 2.21. The quantitative estimate of drug-likeness (QED) is 0.782. The molecule has 2 aromatic rings. The molecule has 19 heavy (non-hydrogen) atoms. The molecule has 1 saturated heterocycles. The summed E-state index contributed by atoms with van der Waals surface area (Å²) in [5.74, 6) is -0.261. The monoisotopic (exact) mass is 343 g/mol. The van der Waals surface area contributed by atoms with Crippen LogP contribution < -0.4 is 5.32 Å². The van der Waals surface area contributed by atoms with Gasteiger partial charge in [-0.05, 0) is 40.6 Å². The number of amides is 1. The van der Waals surface area contributed by atoms with Crippen molar-refractivity contribution >= 4 is 45.1 Å². The molecule has 2 heterocycles. The van der Waals surface area contributed by atoms with E-state index in [1.165, 1.54) is 6.07 Å². The topological polar surface area (TPSA) is 49.8 Å². The molecule has 1 aromatic carbocycles. The molecule has 1 aromatic heterocycles. The van der Waals surface area contributed by atoms with Crippen molar-refractivity contribution in [2.75, 3.05) is 6.54 Å². The molecule has 1 aliphatic rings. The fourth-order valence-corrected chi connectivity index (χ4v) is 3.11. The minimum Gasteiger partial charge on any atom is -0.354 e. The number of nitrogens with zero attached hydrogens (tertiary/aromatic N) is 1. The van der Waals surface area contributed by atoms with Crippen LogP contribution in [-0.4, -0.2) is 22.0 Å². The summed E-state index contributed by atoms with van der Waals surface area (Å²) >= 11 is 8.49. The average molecular weight is 344 g/mol. The Labute approximate surface area is 122 Å². The van der Waals surface area contributed by atoms with E-state index in [1.54, 1.807) is 6.07 Å². The molecule has 7 heteroatoms. The van der Waals surface area contributed by atoms with E-state index in [2.05, 4.69) is 26.2 Å². The molecule has 3 rings (SSSR count). The normalized spacial score (nSPS) is 19.7. The number of carbonyl (C=O) groups is 1. The van der Waals surface area contributed by atoms with Gasteiger partial charge in [0.25, 0.3) is 0 Å². The zero-order chi connectivity index (χ0) is 13.6. The van der Waals surface area contributed by atoms with Crippen molar-refractivity contribution in [2.24, 2.45) is 0 Å². The van der Waals surface area contributed by atoms with Gasteiger partial charge in [-0.25, -0.2) is 4.39 Å². The maximum Gasteiger partial charge on any atom is 0.220 e.